The Morgan fingerprint density at radius 2 is 1.80 bits per heavy atom. The Bertz CT molecular complexity index is 1570. The first-order chi connectivity index (χ1) is 19.3. The third-order valence-corrected chi connectivity index (χ3v) is 7.62. The smallest absolute Gasteiger partial charge is 0.416 e. The fourth-order valence-corrected chi connectivity index (χ4v) is 5.32. The zero-order chi connectivity index (χ0) is 29.9. The maximum atomic E-state index is 13.1. The molecule has 0 atom stereocenters. The number of anilines is 1. The Hall–Kier alpha value is -3.19. The Morgan fingerprint density at radius 3 is 2.49 bits per heavy atom. The maximum absolute atomic E-state index is 13.1. The van der Waals surface area contributed by atoms with E-state index in [0.717, 1.165) is 12.1 Å². The van der Waals surface area contributed by atoms with E-state index in [1.54, 1.807) is 36.4 Å². The van der Waals surface area contributed by atoms with Gasteiger partial charge in [0.25, 0.3) is 11.1 Å². The summed E-state index contributed by atoms with van der Waals surface area (Å²) in [4.78, 5) is 39.0. The highest BCUT2D eigenvalue weighted by Crippen LogP contribution is 2.37. The van der Waals surface area contributed by atoms with Gasteiger partial charge in [-0.1, -0.05) is 45.2 Å². The fourth-order valence-electron chi connectivity index (χ4n) is 3.65. The summed E-state index contributed by atoms with van der Waals surface area (Å²) in [5, 5.41) is 2.44. The molecule has 1 N–H and O–H groups in total. The molecule has 0 aliphatic carbocycles. The van der Waals surface area contributed by atoms with Crippen molar-refractivity contribution in [2.75, 3.05) is 19.0 Å². The van der Waals surface area contributed by atoms with Crippen LogP contribution in [0.3, 0.4) is 0 Å². The van der Waals surface area contributed by atoms with Crippen molar-refractivity contribution in [1.82, 2.24) is 4.90 Å². The lowest BCUT2D eigenvalue weighted by molar-refractivity contribution is -0.137. The van der Waals surface area contributed by atoms with Gasteiger partial charge in [-0.3, -0.25) is 19.3 Å². The lowest BCUT2D eigenvalue weighted by Crippen LogP contribution is -2.36. The number of benzene rings is 3. The van der Waals surface area contributed by atoms with Gasteiger partial charge >= 0.3 is 6.18 Å². The average molecular weight is 690 g/mol. The molecule has 1 saturated heterocycles. The molecule has 1 aliphatic rings. The number of halogens is 6. The van der Waals surface area contributed by atoms with Crippen LogP contribution in [0.1, 0.15) is 16.7 Å². The molecule has 0 radical (unpaired) electrons. The monoisotopic (exact) mass is 688 g/mol. The van der Waals surface area contributed by atoms with E-state index in [0.29, 0.717) is 54.1 Å². The number of rotatable bonds is 8. The van der Waals surface area contributed by atoms with E-state index in [2.05, 4.69) is 21.2 Å². The quantitative estimate of drug-likeness (QED) is 0.241. The first-order valence-corrected chi connectivity index (χ1v) is 13.9. The molecule has 7 nitrogen and oxygen atoms in total. The van der Waals surface area contributed by atoms with Crippen LogP contribution in [-0.4, -0.2) is 35.6 Å². The van der Waals surface area contributed by atoms with E-state index < -0.39 is 35.3 Å². The highest BCUT2D eigenvalue weighted by Gasteiger charge is 2.37. The molecular formula is C27H18BrCl2F3N2O5S. The first kappa shape index (κ1) is 30.8. The molecule has 0 spiro atoms. The van der Waals surface area contributed by atoms with Crippen LogP contribution in [0.2, 0.25) is 10.0 Å². The summed E-state index contributed by atoms with van der Waals surface area (Å²) >= 11 is 16.1. The molecule has 0 aromatic heterocycles. The Labute approximate surface area is 254 Å². The summed E-state index contributed by atoms with van der Waals surface area (Å²) < 4.78 is 51.0. The topological polar surface area (TPSA) is 84.9 Å². The third-order valence-electron chi connectivity index (χ3n) is 5.63. The standard InChI is InChI=1S/C27H18BrCl2F3N2O5S/c1-39-22-6-3-16(27(31,32)33)10-20(22)34-24(36)12-35-25(37)23(41-26(35)38)9-15-8-17(28)4-7-21(15)40-13-14-2-5-18(29)11-19(14)30/h2-11H,12-13H2,1H3,(H,34,36)/b23-9-. The zero-order valence-electron chi connectivity index (χ0n) is 20.9. The van der Waals surface area contributed by atoms with Crippen LogP contribution >= 0.6 is 50.9 Å². The minimum Gasteiger partial charge on any atom is -0.495 e. The van der Waals surface area contributed by atoms with Gasteiger partial charge in [0.05, 0.1) is 23.3 Å². The zero-order valence-corrected chi connectivity index (χ0v) is 24.8. The van der Waals surface area contributed by atoms with Crippen molar-refractivity contribution in [3.63, 3.8) is 0 Å². The average Bonchev–Trinajstić information content (AvgIpc) is 3.15. The van der Waals surface area contributed by atoms with Crippen molar-refractivity contribution in [3.8, 4) is 11.5 Å². The van der Waals surface area contributed by atoms with E-state index in [4.69, 9.17) is 32.7 Å². The fraction of sp³-hybridized carbons (Fsp3) is 0.148. The summed E-state index contributed by atoms with van der Waals surface area (Å²) in [6, 6.07) is 12.6. The van der Waals surface area contributed by atoms with Crippen LogP contribution in [-0.2, 0) is 22.4 Å². The van der Waals surface area contributed by atoms with Crippen LogP contribution in [0.4, 0.5) is 23.7 Å². The van der Waals surface area contributed by atoms with E-state index in [1.807, 2.05) is 0 Å². The van der Waals surface area contributed by atoms with Crippen molar-refractivity contribution >= 4 is 79.7 Å². The largest absolute Gasteiger partial charge is 0.495 e. The van der Waals surface area contributed by atoms with E-state index >= 15 is 0 Å². The van der Waals surface area contributed by atoms with Crippen LogP contribution in [0.15, 0.2) is 64.0 Å². The maximum Gasteiger partial charge on any atom is 0.416 e. The highest BCUT2D eigenvalue weighted by atomic mass is 79.9. The Kier molecular flexibility index (Phi) is 9.58. The minimum atomic E-state index is -4.65. The molecule has 3 aromatic rings. The number of carbonyl (C=O) groups excluding carboxylic acids is 3. The number of ether oxygens (including phenoxy) is 2. The second kappa shape index (κ2) is 12.8. The number of nitrogens with zero attached hydrogens (tertiary/aromatic N) is 1. The van der Waals surface area contributed by atoms with Crippen molar-refractivity contribution in [2.45, 2.75) is 12.8 Å². The number of hydrogen-bond acceptors (Lipinski definition) is 6. The molecule has 0 unspecified atom stereocenters. The number of thioether (sulfide) groups is 1. The molecule has 41 heavy (non-hydrogen) atoms. The van der Waals surface area contributed by atoms with Gasteiger partial charge < -0.3 is 14.8 Å². The summed E-state index contributed by atoms with van der Waals surface area (Å²) in [5.41, 5.74) is -0.124. The molecule has 3 amide bonds. The molecule has 4 rings (SSSR count). The van der Waals surface area contributed by atoms with E-state index in [9.17, 15) is 27.6 Å². The molecular weight excluding hydrogens is 672 g/mol. The number of carbonyl (C=O) groups is 3. The molecule has 0 saturated carbocycles. The number of methoxy groups -OCH3 is 1. The van der Waals surface area contributed by atoms with Crippen LogP contribution in [0, 0.1) is 0 Å². The van der Waals surface area contributed by atoms with Gasteiger partial charge in [-0.15, -0.1) is 0 Å². The molecule has 214 valence electrons. The van der Waals surface area contributed by atoms with Crippen LogP contribution < -0.4 is 14.8 Å². The van der Waals surface area contributed by atoms with Gasteiger partial charge in [0.15, 0.2) is 0 Å². The van der Waals surface area contributed by atoms with Gasteiger partial charge in [0, 0.05) is 25.6 Å². The second-order valence-electron chi connectivity index (χ2n) is 8.44. The predicted molar refractivity (Wildman–Crippen MR) is 154 cm³/mol. The lowest BCUT2D eigenvalue weighted by Gasteiger charge is -2.16. The third kappa shape index (κ3) is 7.56. The van der Waals surface area contributed by atoms with Gasteiger partial charge in [0.1, 0.15) is 24.7 Å². The minimum absolute atomic E-state index is 0.0203. The molecule has 1 heterocycles. The van der Waals surface area contributed by atoms with Crippen LogP contribution in [0.5, 0.6) is 11.5 Å². The number of amides is 3. The van der Waals surface area contributed by atoms with Crippen molar-refractivity contribution in [2.24, 2.45) is 0 Å². The van der Waals surface area contributed by atoms with E-state index in [1.165, 1.54) is 13.2 Å². The number of nitrogens with one attached hydrogen (secondary N) is 1. The SMILES string of the molecule is COc1ccc(C(F)(F)F)cc1NC(=O)CN1C(=O)S/C(=C\c2cc(Br)ccc2OCc2ccc(Cl)cc2Cl)C1=O. The number of alkyl halides is 3. The van der Waals surface area contributed by atoms with Crippen molar-refractivity contribution < 1.29 is 37.0 Å². The van der Waals surface area contributed by atoms with Gasteiger partial charge in [-0.2, -0.15) is 13.2 Å². The van der Waals surface area contributed by atoms with Gasteiger partial charge in [0.2, 0.25) is 5.91 Å². The number of imide groups is 1. The summed E-state index contributed by atoms with van der Waals surface area (Å²) in [5.74, 6) is -1.28. The van der Waals surface area contributed by atoms with Gasteiger partial charge in [-0.25, -0.2) is 0 Å². The Morgan fingerprint density at radius 1 is 1.07 bits per heavy atom. The first-order valence-electron chi connectivity index (χ1n) is 11.5. The number of hydrogen-bond donors (Lipinski definition) is 1. The van der Waals surface area contributed by atoms with E-state index in [-0.39, 0.29) is 22.9 Å². The highest BCUT2D eigenvalue weighted by molar-refractivity contribution is 9.10. The lowest BCUT2D eigenvalue weighted by atomic mass is 10.1. The second-order valence-corrected chi connectivity index (χ2v) is 11.2. The predicted octanol–water partition coefficient (Wildman–Crippen LogP) is 8.04. The van der Waals surface area contributed by atoms with Crippen molar-refractivity contribution in [3.05, 3.63) is 90.7 Å². The summed E-state index contributed by atoms with van der Waals surface area (Å²) in [6.45, 7) is -0.628. The molecule has 1 aliphatic heterocycles. The normalized spacial score (nSPS) is 14.5. The van der Waals surface area contributed by atoms with Crippen molar-refractivity contribution in [1.29, 1.82) is 0 Å². The summed E-state index contributed by atoms with van der Waals surface area (Å²) in [7, 11) is 1.23. The van der Waals surface area contributed by atoms with Gasteiger partial charge in [-0.05, 0) is 66.4 Å². The Balaban J connectivity index is 1.50. The molecule has 3 aromatic carbocycles. The van der Waals surface area contributed by atoms with Crippen LogP contribution in [0.25, 0.3) is 6.08 Å². The molecule has 0 bridgehead atoms. The summed E-state index contributed by atoms with van der Waals surface area (Å²) in [6.07, 6.45) is -3.21. The molecule has 1 fully saturated rings. The molecule has 14 heteroatoms.